The summed E-state index contributed by atoms with van der Waals surface area (Å²) in [4.78, 5) is 1.32. The van der Waals surface area contributed by atoms with Gasteiger partial charge in [-0.3, -0.25) is 0 Å². The van der Waals surface area contributed by atoms with Gasteiger partial charge >= 0.3 is 0 Å². The van der Waals surface area contributed by atoms with Gasteiger partial charge in [0.05, 0.1) is 0 Å². The molecule has 1 N–H and O–H groups in total. The molecular weight excluding hydrogens is 274 g/mol. The molecule has 1 unspecified atom stereocenters. The molecule has 106 valence electrons. The molecular formula is C19H19NS. The standard InChI is InChI=1S/C19H19NS/c1-20-14-19(16-8-3-2-4-9-16)21-18-12-11-15-7-5-6-10-17(15)13-18/h2-13,19-20H,14H2,1H3. The minimum Gasteiger partial charge on any atom is -0.318 e. The van der Waals surface area contributed by atoms with Crippen LogP contribution in [0.1, 0.15) is 10.8 Å². The number of hydrogen-bond acceptors (Lipinski definition) is 2. The Morgan fingerprint density at radius 1 is 0.857 bits per heavy atom. The first-order valence-corrected chi connectivity index (χ1v) is 8.10. The Kier molecular flexibility index (Phi) is 4.59. The number of hydrogen-bond donors (Lipinski definition) is 1. The number of rotatable bonds is 5. The molecule has 1 atom stereocenters. The molecule has 3 aromatic rings. The van der Waals surface area contributed by atoms with Crippen LogP contribution in [0.4, 0.5) is 0 Å². The van der Waals surface area contributed by atoms with Crippen LogP contribution in [0.2, 0.25) is 0 Å². The van der Waals surface area contributed by atoms with Crippen molar-refractivity contribution in [2.45, 2.75) is 10.1 Å². The molecule has 1 nitrogen and oxygen atoms in total. The van der Waals surface area contributed by atoms with Gasteiger partial charge in [-0.05, 0) is 35.5 Å². The summed E-state index contributed by atoms with van der Waals surface area (Å²) < 4.78 is 0. The summed E-state index contributed by atoms with van der Waals surface area (Å²) in [5.41, 5.74) is 1.37. The van der Waals surface area contributed by atoms with E-state index in [4.69, 9.17) is 0 Å². The zero-order chi connectivity index (χ0) is 14.5. The van der Waals surface area contributed by atoms with Crippen LogP contribution in [-0.2, 0) is 0 Å². The fourth-order valence-electron chi connectivity index (χ4n) is 2.49. The lowest BCUT2D eigenvalue weighted by atomic mass is 10.1. The Balaban J connectivity index is 1.87. The molecule has 0 saturated carbocycles. The number of likely N-dealkylation sites (N-methyl/N-ethyl adjacent to an activating group) is 1. The maximum Gasteiger partial charge on any atom is 0.0468 e. The number of benzene rings is 3. The van der Waals surface area contributed by atoms with Crippen molar-refractivity contribution < 1.29 is 0 Å². The molecule has 0 bridgehead atoms. The molecule has 0 spiro atoms. The summed E-state index contributed by atoms with van der Waals surface area (Å²) in [5.74, 6) is 0. The predicted octanol–water partition coefficient (Wildman–Crippen LogP) is 4.89. The highest BCUT2D eigenvalue weighted by atomic mass is 32.2. The summed E-state index contributed by atoms with van der Waals surface area (Å²) in [6.07, 6.45) is 0. The Labute approximate surface area is 130 Å². The summed E-state index contributed by atoms with van der Waals surface area (Å²) in [6, 6.07) is 25.9. The van der Waals surface area contributed by atoms with Crippen LogP contribution < -0.4 is 5.32 Å². The van der Waals surface area contributed by atoms with Gasteiger partial charge in [-0.1, -0.05) is 60.7 Å². The van der Waals surface area contributed by atoms with E-state index in [1.165, 1.54) is 21.2 Å². The van der Waals surface area contributed by atoms with Gasteiger partial charge in [0.2, 0.25) is 0 Å². The van der Waals surface area contributed by atoms with Crippen molar-refractivity contribution in [2.24, 2.45) is 0 Å². The normalized spacial score (nSPS) is 12.4. The fraction of sp³-hybridized carbons (Fsp3) is 0.158. The lowest BCUT2D eigenvalue weighted by molar-refractivity contribution is 0.778. The highest BCUT2D eigenvalue weighted by Crippen LogP contribution is 2.35. The second-order valence-corrected chi connectivity index (χ2v) is 6.36. The minimum atomic E-state index is 0.428. The average molecular weight is 293 g/mol. The van der Waals surface area contributed by atoms with Crippen molar-refractivity contribution in [3.63, 3.8) is 0 Å². The van der Waals surface area contributed by atoms with Crippen LogP contribution in [0.15, 0.2) is 77.7 Å². The van der Waals surface area contributed by atoms with E-state index in [2.05, 4.69) is 78.1 Å². The molecule has 0 aliphatic rings. The number of nitrogens with one attached hydrogen (secondary N) is 1. The van der Waals surface area contributed by atoms with Gasteiger partial charge in [0, 0.05) is 16.7 Å². The monoisotopic (exact) mass is 293 g/mol. The maximum atomic E-state index is 3.30. The Morgan fingerprint density at radius 2 is 1.57 bits per heavy atom. The minimum absolute atomic E-state index is 0.428. The maximum absolute atomic E-state index is 3.30. The first kappa shape index (κ1) is 14.2. The van der Waals surface area contributed by atoms with E-state index in [9.17, 15) is 0 Å². The molecule has 21 heavy (non-hydrogen) atoms. The highest BCUT2D eigenvalue weighted by Gasteiger charge is 2.12. The summed E-state index contributed by atoms with van der Waals surface area (Å²) in [6.45, 7) is 0.960. The molecule has 0 radical (unpaired) electrons. The predicted molar refractivity (Wildman–Crippen MR) is 92.9 cm³/mol. The second-order valence-electron chi connectivity index (χ2n) is 5.08. The van der Waals surface area contributed by atoms with Gasteiger partial charge in [0.1, 0.15) is 0 Å². The van der Waals surface area contributed by atoms with E-state index in [-0.39, 0.29) is 0 Å². The summed E-state index contributed by atoms with van der Waals surface area (Å²) in [7, 11) is 2.01. The second kappa shape index (κ2) is 6.79. The molecule has 0 amide bonds. The highest BCUT2D eigenvalue weighted by molar-refractivity contribution is 7.99. The van der Waals surface area contributed by atoms with Gasteiger partial charge in [-0.15, -0.1) is 11.8 Å². The average Bonchev–Trinajstić information content (AvgIpc) is 2.55. The van der Waals surface area contributed by atoms with Crippen LogP contribution in [0.5, 0.6) is 0 Å². The fourth-order valence-corrected chi connectivity index (χ4v) is 3.70. The molecule has 2 heteroatoms. The third-order valence-corrected chi connectivity index (χ3v) is 4.81. The number of fused-ring (bicyclic) bond motifs is 1. The molecule has 0 aliphatic carbocycles. The molecule has 3 rings (SSSR count). The Bertz CT molecular complexity index is 709. The third-order valence-electron chi connectivity index (χ3n) is 3.56. The molecule has 0 aliphatic heterocycles. The van der Waals surface area contributed by atoms with E-state index in [0.29, 0.717) is 5.25 Å². The van der Waals surface area contributed by atoms with Crippen LogP contribution in [-0.4, -0.2) is 13.6 Å². The molecule has 0 heterocycles. The van der Waals surface area contributed by atoms with E-state index >= 15 is 0 Å². The van der Waals surface area contributed by atoms with Gasteiger partial charge in [0.15, 0.2) is 0 Å². The van der Waals surface area contributed by atoms with Gasteiger partial charge in [-0.2, -0.15) is 0 Å². The third kappa shape index (κ3) is 3.46. The zero-order valence-electron chi connectivity index (χ0n) is 12.1. The first-order chi connectivity index (χ1) is 10.4. The Morgan fingerprint density at radius 3 is 2.33 bits per heavy atom. The smallest absolute Gasteiger partial charge is 0.0468 e. The van der Waals surface area contributed by atoms with Crippen molar-refractivity contribution in [2.75, 3.05) is 13.6 Å². The van der Waals surface area contributed by atoms with Crippen molar-refractivity contribution in [3.8, 4) is 0 Å². The lowest BCUT2D eigenvalue weighted by Crippen LogP contribution is -2.14. The van der Waals surface area contributed by atoms with E-state index in [1.54, 1.807) is 0 Å². The van der Waals surface area contributed by atoms with Crippen LogP contribution in [0.25, 0.3) is 10.8 Å². The SMILES string of the molecule is CNCC(Sc1ccc2ccccc2c1)c1ccccc1. The van der Waals surface area contributed by atoms with Crippen molar-refractivity contribution >= 4 is 22.5 Å². The van der Waals surface area contributed by atoms with E-state index in [1.807, 2.05) is 18.8 Å². The molecule has 0 aromatic heterocycles. The van der Waals surface area contributed by atoms with Crippen molar-refractivity contribution in [1.29, 1.82) is 0 Å². The van der Waals surface area contributed by atoms with Crippen molar-refractivity contribution in [3.05, 3.63) is 78.4 Å². The molecule has 3 aromatic carbocycles. The van der Waals surface area contributed by atoms with Crippen LogP contribution in [0, 0.1) is 0 Å². The summed E-state index contributed by atoms with van der Waals surface area (Å²) >= 11 is 1.92. The topological polar surface area (TPSA) is 12.0 Å². The van der Waals surface area contributed by atoms with E-state index in [0.717, 1.165) is 6.54 Å². The quantitative estimate of drug-likeness (QED) is 0.672. The Hall–Kier alpha value is -1.77. The van der Waals surface area contributed by atoms with Crippen LogP contribution >= 0.6 is 11.8 Å². The van der Waals surface area contributed by atoms with Crippen molar-refractivity contribution in [1.82, 2.24) is 5.32 Å². The summed E-state index contributed by atoms with van der Waals surface area (Å²) in [5, 5.41) is 6.33. The first-order valence-electron chi connectivity index (χ1n) is 7.22. The number of thioether (sulfide) groups is 1. The molecule has 0 fully saturated rings. The largest absolute Gasteiger partial charge is 0.318 e. The van der Waals surface area contributed by atoms with Gasteiger partial charge < -0.3 is 5.32 Å². The lowest BCUT2D eigenvalue weighted by Gasteiger charge is -2.17. The van der Waals surface area contributed by atoms with E-state index < -0.39 is 0 Å². The van der Waals surface area contributed by atoms with Crippen LogP contribution in [0.3, 0.4) is 0 Å². The van der Waals surface area contributed by atoms with Gasteiger partial charge in [-0.25, -0.2) is 0 Å². The molecule has 0 saturated heterocycles. The zero-order valence-corrected chi connectivity index (χ0v) is 12.9. The van der Waals surface area contributed by atoms with Gasteiger partial charge in [0.25, 0.3) is 0 Å².